The zero-order valence-electron chi connectivity index (χ0n) is 14.0. The van der Waals surface area contributed by atoms with Gasteiger partial charge in [0.2, 0.25) is 11.8 Å². The number of rotatable bonds is 5. The molecule has 2 aromatic rings. The molecule has 1 aromatic carbocycles. The summed E-state index contributed by atoms with van der Waals surface area (Å²) in [6, 6.07) is 9.85. The molecule has 1 atom stereocenters. The molecule has 0 saturated carbocycles. The van der Waals surface area contributed by atoms with Gasteiger partial charge in [-0.2, -0.15) is 4.98 Å². The third-order valence-corrected chi connectivity index (χ3v) is 4.26. The summed E-state index contributed by atoms with van der Waals surface area (Å²) in [5.41, 5.74) is 1.03. The highest BCUT2D eigenvalue weighted by atomic mass is 16.5. The summed E-state index contributed by atoms with van der Waals surface area (Å²) < 4.78 is 5.40. The molecule has 1 aromatic heterocycles. The van der Waals surface area contributed by atoms with Gasteiger partial charge in [0.25, 0.3) is 0 Å². The lowest BCUT2D eigenvalue weighted by atomic mass is 9.98. The Morgan fingerprint density at radius 1 is 1.38 bits per heavy atom. The minimum absolute atomic E-state index is 0.0388. The molecule has 0 spiro atoms. The first-order chi connectivity index (χ1) is 11.8. The van der Waals surface area contributed by atoms with Crippen molar-refractivity contribution in [1.82, 2.24) is 15.0 Å². The molecule has 1 fully saturated rings. The molecular formula is C19H23N3O2. The van der Waals surface area contributed by atoms with Gasteiger partial charge in [-0.3, -0.25) is 4.79 Å². The van der Waals surface area contributed by atoms with E-state index >= 15 is 0 Å². The van der Waals surface area contributed by atoms with Crippen molar-refractivity contribution < 1.29 is 9.32 Å². The van der Waals surface area contributed by atoms with Crippen LogP contribution in [0.5, 0.6) is 0 Å². The third kappa shape index (κ3) is 4.10. The molecule has 0 aliphatic carbocycles. The molecule has 1 aliphatic heterocycles. The molecule has 24 heavy (non-hydrogen) atoms. The Kier molecular flexibility index (Phi) is 5.41. The minimum atomic E-state index is 0.0388. The molecule has 0 N–H and O–H groups in total. The van der Waals surface area contributed by atoms with Crippen LogP contribution in [0.4, 0.5) is 0 Å². The van der Waals surface area contributed by atoms with Crippen molar-refractivity contribution in [3.63, 3.8) is 0 Å². The SMILES string of the molecule is CCCc1noc([C@H]2CCCN(C(=O)/C=C/c3ccccc3)C2)n1. The molecule has 0 unspecified atom stereocenters. The number of likely N-dealkylation sites (tertiary alicyclic amines) is 1. The van der Waals surface area contributed by atoms with E-state index < -0.39 is 0 Å². The molecule has 1 aliphatic rings. The van der Waals surface area contributed by atoms with Gasteiger partial charge in [-0.15, -0.1) is 0 Å². The van der Waals surface area contributed by atoms with E-state index in [1.54, 1.807) is 6.08 Å². The summed E-state index contributed by atoms with van der Waals surface area (Å²) in [7, 11) is 0. The molecular weight excluding hydrogens is 302 g/mol. The minimum Gasteiger partial charge on any atom is -0.339 e. The number of aromatic nitrogens is 2. The fourth-order valence-electron chi connectivity index (χ4n) is 2.97. The number of hydrogen-bond donors (Lipinski definition) is 0. The number of carbonyl (C=O) groups excluding carboxylic acids is 1. The van der Waals surface area contributed by atoms with E-state index in [9.17, 15) is 4.79 Å². The molecule has 0 radical (unpaired) electrons. The van der Waals surface area contributed by atoms with Crippen molar-refractivity contribution in [1.29, 1.82) is 0 Å². The maximum Gasteiger partial charge on any atom is 0.246 e. The van der Waals surface area contributed by atoms with Gasteiger partial charge in [0, 0.05) is 25.6 Å². The highest BCUT2D eigenvalue weighted by molar-refractivity contribution is 5.91. The van der Waals surface area contributed by atoms with Gasteiger partial charge in [0.15, 0.2) is 5.82 Å². The zero-order chi connectivity index (χ0) is 16.8. The Morgan fingerprint density at radius 2 is 2.21 bits per heavy atom. The van der Waals surface area contributed by atoms with E-state index in [1.807, 2.05) is 41.3 Å². The van der Waals surface area contributed by atoms with Gasteiger partial charge in [-0.1, -0.05) is 42.4 Å². The zero-order valence-corrected chi connectivity index (χ0v) is 14.0. The van der Waals surface area contributed by atoms with Crippen molar-refractivity contribution in [2.75, 3.05) is 13.1 Å². The van der Waals surface area contributed by atoms with Crippen LogP contribution < -0.4 is 0 Å². The second-order valence-electron chi connectivity index (χ2n) is 6.17. The molecule has 5 heteroatoms. The first kappa shape index (κ1) is 16.4. The summed E-state index contributed by atoms with van der Waals surface area (Å²) in [6.45, 7) is 3.52. The van der Waals surface area contributed by atoms with Crippen molar-refractivity contribution in [2.45, 2.75) is 38.5 Å². The van der Waals surface area contributed by atoms with Crippen LogP contribution in [0.1, 0.15) is 49.4 Å². The fourth-order valence-corrected chi connectivity index (χ4v) is 2.97. The van der Waals surface area contributed by atoms with E-state index in [1.165, 1.54) is 0 Å². The topological polar surface area (TPSA) is 59.2 Å². The van der Waals surface area contributed by atoms with Crippen LogP contribution in [-0.4, -0.2) is 34.0 Å². The lowest BCUT2D eigenvalue weighted by Gasteiger charge is -2.30. The standard InChI is InChI=1S/C19H23N3O2/c1-2-7-17-20-19(24-21-17)16-10-6-13-22(14-16)18(23)12-11-15-8-4-3-5-9-15/h3-5,8-9,11-12,16H,2,6-7,10,13-14H2,1H3/b12-11+/t16-/m0/s1. The van der Waals surface area contributed by atoms with E-state index in [2.05, 4.69) is 17.1 Å². The molecule has 126 valence electrons. The molecule has 1 saturated heterocycles. The second-order valence-corrected chi connectivity index (χ2v) is 6.17. The molecule has 2 heterocycles. The number of hydrogen-bond acceptors (Lipinski definition) is 4. The first-order valence-corrected chi connectivity index (χ1v) is 8.60. The lowest BCUT2D eigenvalue weighted by molar-refractivity contribution is -0.127. The van der Waals surface area contributed by atoms with E-state index in [0.717, 1.165) is 43.6 Å². The van der Waals surface area contributed by atoms with Gasteiger partial charge in [0.1, 0.15) is 0 Å². The summed E-state index contributed by atoms with van der Waals surface area (Å²) in [5, 5.41) is 4.02. The van der Waals surface area contributed by atoms with Crippen LogP contribution in [0, 0.1) is 0 Å². The fraction of sp³-hybridized carbons (Fsp3) is 0.421. The quantitative estimate of drug-likeness (QED) is 0.790. The largest absolute Gasteiger partial charge is 0.339 e. The van der Waals surface area contributed by atoms with Crippen molar-refractivity contribution in [2.24, 2.45) is 0 Å². The number of carbonyl (C=O) groups is 1. The van der Waals surface area contributed by atoms with Gasteiger partial charge in [-0.25, -0.2) is 0 Å². The van der Waals surface area contributed by atoms with E-state index in [-0.39, 0.29) is 11.8 Å². The average Bonchev–Trinajstić information content (AvgIpc) is 3.10. The molecule has 3 rings (SSSR count). The number of aryl methyl sites for hydroxylation is 1. The first-order valence-electron chi connectivity index (χ1n) is 8.60. The van der Waals surface area contributed by atoms with Gasteiger partial charge < -0.3 is 9.42 Å². The average molecular weight is 325 g/mol. The van der Waals surface area contributed by atoms with Crippen LogP contribution in [0.3, 0.4) is 0 Å². The Labute approximate surface area is 142 Å². The Balaban J connectivity index is 1.62. The normalized spacial score (nSPS) is 18.2. The van der Waals surface area contributed by atoms with Gasteiger partial charge in [0.05, 0.1) is 5.92 Å². The van der Waals surface area contributed by atoms with Crippen molar-refractivity contribution in [3.05, 3.63) is 53.7 Å². The Morgan fingerprint density at radius 3 is 3.00 bits per heavy atom. The molecule has 0 bridgehead atoms. The van der Waals surface area contributed by atoms with Crippen molar-refractivity contribution in [3.8, 4) is 0 Å². The second kappa shape index (κ2) is 7.90. The predicted octanol–water partition coefficient (Wildman–Crippen LogP) is 3.44. The van der Waals surface area contributed by atoms with E-state index in [4.69, 9.17) is 4.52 Å². The Hall–Kier alpha value is -2.43. The number of nitrogens with zero attached hydrogens (tertiary/aromatic N) is 3. The monoisotopic (exact) mass is 325 g/mol. The number of benzene rings is 1. The van der Waals surface area contributed by atoms with Gasteiger partial charge in [-0.05, 0) is 30.9 Å². The van der Waals surface area contributed by atoms with Crippen molar-refractivity contribution >= 4 is 12.0 Å². The highest BCUT2D eigenvalue weighted by Crippen LogP contribution is 2.26. The molecule has 5 nitrogen and oxygen atoms in total. The maximum atomic E-state index is 12.4. The summed E-state index contributed by atoms with van der Waals surface area (Å²) in [5.74, 6) is 1.62. The smallest absolute Gasteiger partial charge is 0.246 e. The van der Waals surface area contributed by atoms with Crippen LogP contribution >= 0.6 is 0 Å². The van der Waals surface area contributed by atoms with Crippen LogP contribution in [0.2, 0.25) is 0 Å². The van der Waals surface area contributed by atoms with Crippen LogP contribution in [0.25, 0.3) is 6.08 Å². The number of piperidine rings is 1. The lowest BCUT2D eigenvalue weighted by Crippen LogP contribution is -2.38. The maximum absolute atomic E-state index is 12.4. The number of amides is 1. The van der Waals surface area contributed by atoms with Crippen LogP contribution in [0.15, 0.2) is 40.9 Å². The predicted molar refractivity (Wildman–Crippen MR) is 92.3 cm³/mol. The Bertz CT molecular complexity index is 694. The van der Waals surface area contributed by atoms with Gasteiger partial charge >= 0.3 is 0 Å². The summed E-state index contributed by atoms with van der Waals surface area (Å²) in [4.78, 5) is 18.8. The van der Waals surface area contributed by atoms with E-state index in [0.29, 0.717) is 12.4 Å². The molecule has 1 amide bonds. The van der Waals surface area contributed by atoms with Crippen LogP contribution in [-0.2, 0) is 11.2 Å². The highest BCUT2D eigenvalue weighted by Gasteiger charge is 2.27. The third-order valence-electron chi connectivity index (χ3n) is 4.26. The summed E-state index contributed by atoms with van der Waals surface area (Å²) in [6.07, 6.45) is 7.28. The summed E-state index contributed by atoms with van der Waals surface area (Å²) >= 11 is 0.